The van der Waals surface area contributed by atoms with Crippen molar-refractivity contribution in [2.75, 3.05) is 19.8 Å². The topological polar surface area (TPSA) is 86.8 Å². The highest BCUT2D eigenvalue weighted by Crippen LogP contribution is 2.25. The molecule has 1 unspecified atom stereocenters. The van der Waals surface area contributed by atoms with E-state index in [1.54, 1.807) is 0 Å². The second-order valence-electron chi connectivity index (χ2n) is 5.94. The molecule has 3 rings (SSSR count). The Morgan fingerprint density at radius 2 is 2.11 bits per heavy atom. The van der Waals surface area contributed by atoms with Gasteiger partial charge in [-0.1, -0.05) is 41.9 Å². The summed E-state index contributed by atoms with van der Waals surface area (Å²) in [7, 11) is 0. The molecule has 1 aliphatic rings. The van der Waals surface area contributed by atoms with E-state index in [1.165, 1.54) is 12.3 Å². The Labute approximate surface area is 161 Å². The average molecular weight is 391 g/mol. The number of pyridine rings is 1. The summed E-state index contributed by atoms with van der Waals surface area (Å²) in [5, 5.41) is 2.71. The van der Waals surface area contributed by atoms with E-state index >= 15 is 0 Å². The Balaban J connectivity index is 1.47. The van der Waals surface area contributed by atoms with Gasteiger partial charge in [-0.05, 0) is 11.6 Å². The molecule has 27 heavy (non-hydrogen) atoms. The number of halogens is 1. The van der Waals surface area contributed by atoms with Crippen LogP contribution in [0.3, 0.4) is 0 Å². The summed E-state index contributed by atoms with van der Waals surface area (Å²) in [4.78, 5) is 28.0. The molecule has 1 saturated heterocycles. The first-order valence-corrected chi connectivity index (χ1v) is 8.87. The first-order valence-electron chi connectivity index (χ1n) is 8.49. The van der Waals surface area contributed by atoms with Crippen molar-refractivity contribution in [3.8, 4) is 5.88 Å². The molecule has 0 aliphatic carbocycles. The van der Waals surface area contributed by atoms with Crippen molar-refractivity contribution in [2.45, 2.75) is 19.1 Å². The lowest BCUT2D eigenvalue weighted by Crippen LogP contribution is -2.30. The number of benzene rings is 1. The summed E-state index contributed by atoms with van der Waals surface area (Å²) in [5.41, 5.74) is 1.10. The fourth-order valence-corrected chi connectivity index (χ4v) is 2.65. The third-order valence-corrected chi connectivity index (χ3v) is 4.14. The van der Waals surface area contributed by atoms with E-state index in [4.69, 9.17) is 25.8 Å². The first-order chi connectivity index (χ1) is 13.1. The second kappa shape index (κ2) is 9.34. The largest absolute Gasteiger partial charge is 0.471 e. The lowest BCUT2D eigenvalue weighted by molar-refractivity contribution is -0.143. The van der Waals surface area contributed by atoms with E-state index in [0.717, 1.165) is 12.0 Å². The predicted octanol–water partition coefficient (Wildman–Crippen LogP) is 2.38. The number of rotatable bonds is 7. The van der Waals surface area contributed by atoms with Crippen LogP contribution in [0.1, 0.15) is 22.3 Å². The minimum Gasteiger partial charge on any atom is -0.471 e. The number of hydrogen-bond acceptors (Lipinski definition) is 6. The maximum Gasteiger partial charge on any atom is 0.325 e. The van der Waals surface area contributed by atoms with Gasteiger partial charge in [0.15, 0.2) is 0 Å². The van der Waals surface area contributed by atoms with Gasteiger partial charge in [-0.25, -0.2) is 4.98 Å². The van der Waals surface area contributed by atoms with Crippen LogP contribution in [0.2, 0.25) is 5.02 Å². The van der Waals surface area contributed by atoms with Crippen LogP contribution in [0.25, 0.3) is 0 Å². The number of carbonyl (C=O) groups excluding carboxylic acids is 2. The Kier molecular flexibility index (Phi) is 6.62. The molecule has 1 amide bonds. The first kappa shape index (κ1) is 19.1. The number of ether oxygens (including phenoxy) is 3. The van der Waals surface area contributed by atoms with Gasteiger partial charge in [0.1, 0.15) is 24.3 Å². The van der Waals surface area contributed by atoms with Gasteiger partial charge in [-0.15, -0.1) is 0 Å². The molecule has 8 heteroatoms. The van der Waals surface area contributed by atoms with Crippen molar-refractivity contribution < 1.29 is 23.8 Å². The van der Waals surface area contributed by atoms with Crippen LogP contribution in [-0.2, 0) is 20.9 Å². The van der Waals surface area contributed by atoms with Gasteiger partial charge < -0.3 is 19.5 Å². The van der Waals surface area contributed by atoms with Crippen molar-refractivity contribution in [3.05, 3.63) is 58.7 Å². The Morgan fingerprint density at radius 1 is 1.30 bits per heavy atom. The molecule has 1 fully saturated rings. The molecule has 0 bridgehead atoms. The molecule has 1 aliphatic heterocycles. The van der Waals surface area contributed by atoms with Gasteiger partial charge in [0.25, 0.3) is 5.91 Å². The minimum absolute atomic E-state index is 0.0888. The third kappa shape index (κ3) is 5.67. The molecule has 142 valence electrons. The predicted molar refractivity (Wildman–Crippen MR) is 97.7 cm³/mol. The van der Waals surface area contributed by atoms with Gasteiger partial charge >= 0.3 is 5.97 Å². The zero-order chi connectivity index (χ0) is 19.1. The third-order valence-electron chi connectivity index (χ3n) is 3.87. The fraction of sp³-hybridized carbons (Fsp3) is 0.316. The maximum absolute atomic E-state index is 12.2. The zero-order valence-electron chi connectivity index (χ0n) is 14.5. The molecule has 2 heterocycles. The average Bonchev–Trinajstić information content (AvgIpc) is 3.20. The summed E-state index contributed by atoms with van der Waals surface area (Å²) in [6, 6.07) is 10.7. The minimum atomic E-state index is -0.535. The van der Waals surface area contributed by atoms with Crippen LogP contribution < -0.4 is 10.1 Å². The number of hydrogen-bond donors (Lipinski definition) is 1. The van der Waals surface area contributed by atoms with E-state index < -0.39 is 11.9 Å². The van der Waals surface area contributed by atoms with E-state index in [1.807, 2.05) is 30.3 Å². The standard InChI is InChI=1S/C19H19ClN2O5/c20-16-8-14(9-22-19(16)27-15-6-7-25-12-15)18(24)21-10-17(23)26-11-13-4-2-1-3-5-13/h1-5,8-9,15H,6-7,10-12H2,(H,21,24). The van der Waals surface area contributed by atoms with Crippen LogP contribution >= 0.6 is 11.6 Å². The van der Waals surface area contributed by atoms with Crippen molar-refractivity contribution in [2.24, 2.45) is 0 Å². The molecule has 1 aromatic heterocycles. The van der Waals surface area contributed by atoms with Crippen LogP contribution in [0.4, 0.5) is 0 Å². The van der Waals surface area contributed by atoms with E-state index in [-0.39, 0.29) is 35.7 Å². The van der Waals surface area contributed by atoms with Gasteiger partial charge in [0, 0.05) is 12.6 Å². The number of amides is 1. The molecule has 1 N–H and O–H groups in total. The molecular formula is C19H19ClN2O5. The lowest BCUT2D eigenvalue weighted by atomic mass is 10.2. The molecule has 2 aromatic rings. The smallest absolute Gasteiger partial charge is 0.325 e. The van der Waals surface area contributed by atoms with Crippen LogP contribution in [-0.4, -0.2) is 42.7 Å². The summed E-state index contributed by atoms with van der Waals surface area (Å²) in [5.74, 6) is -0.754. The van der Waals surface area contributed by atoms with Crippen molar-refractivity contribution in [1.82, 2.24) is 10.3 Å². The van der Waals surface area contributed by atoms with Crippen molar-refractivity contribution in [1.29, 1.82) is 0 Å². The van der Waals surface area contributed by atoms with Crippen LogP contribution in [0.5, 0.6) is 5.88 Å². The van der Waals surface area contributed by atoms with Crippen LogP contribution in [0.15, 0.2) is 42.6 Å². The SMILES string of the molecule is O=C(CNC(=O)c1cnc(OC2CCOC2)c(Cl)c1)OCc1ccccc1. The molecule has 1 aromatic carbocycles. The highest BCUT2D eigenvalue weighted by atomic mass is 35.5. The fourth-order valence-electron chi connectivity index (χ4n) is 2.44. The van der Waals surface area contributed by atoms with Crippen LogP contribution in [0, 0.1) is 0 Å². The van der Waals surface area contributed by atoms with Gasteiger partial charge in [0.05, 0.1) is 18.8 Å². The monoisotopic (exact) mass is 390 g/mol. The molecular weight excluding hydrogens is 372 g/mol. The van der Waals surface area contributed by atoms with E-state index in [2.05, 4.69) is 10.3 Å². The molecule has 0 saturated carbocycles. The lowest BCUT2D eigenvalue weighted by Gasteiger charge is -2.12. The van der Waals surface area contributed by atoms with Crippen molar-refractivity contribution >= 4 is 23.5 Å². The molecule has 0 radical (unpaired) electrons. The van der Waals surface area contributed by atoms with E-state index in [0.29, 0.717) is 13.2 Å². The number of esters is 1. The number of aromatic nitrogens is 1. The quantitative estimate of drug-likeness (QED) is 0.730. The molecule has 0 spiro atoms. The highest BCUT2D eigenvalue weighted by molar-refractivity contribution is 6.32. The Hall–Kier alpha value is -2.64. The summed E-state index contributed by atoms with van der Waals surface area (Å²) < 4.78 is 16.0. The molecule has 1 atom stereocenters. The Morgan fingerprint density at radius 3 is 2.81 bits per heavy atom. The zero-order valence-corrected chi connectivity index (χ0v) is 15.3. The van der Waals surface area contributed by atoms with Gasteiger partial charge in [-0.3, -0.25) is 9.59 Å². The number of carbonyl (C=O) groups is 2. The van der Waals surface area contributed by atoms with Gasteiger partial charge in [0.2, 0.25) is 5.88 Å². The van der Waals surface area contributed by atoms with Gasteiger partial charge in [-0.2, -0.15) is 0 Å². The van der Waals surface area contributed by atoms with Crippen molar-refractivity contribution in [3.63, 3.8) is 0 Å². The van der Waals surface area contributed by atoms with E-state index in [9.17, 15) is 9.59 Å². The number of nitrogens with one attached hydrogen (secondary N) is 1. The summed E-state index contributed by atoms with van der Waals surface area (Å²) in [6.07, 6.45) is 2.03. The summed E-state index contributed by atoms with van der Waals surface area (Å²) in [6.45, 7) is 1.04. The summed E-state index contributed by atoms with van der Waals surface area (Å²) >= 11 is 6.13. The maximum atomic E-state index is 12.2. The molecule has 7 nitrogen and oxygen atoms in total. The Bertz CT molecular complexity index is 794. The number of nitrogens with zero attached hydrogens (tertiary/aromatic N) is 1. The highest BCUT2D eigenvalue weighted by Gasteiger charge is 2.20. The second-order valence-corrected chi connectivity index (χ2v) is 6.35. The normalized spacial score (nSPS) is 16.0.